The van der Waals surface area contributed by atoms with Gasteiger partial charge >= 0.3 is 6.09 Å². The third-order valence-corrected chi connectivity index (χ3v) is 7.63. The first-order chi connectivity index (χ1) is 23.9. The van der Waals surface area contributed by atoms with Gasteiger partial charge in [0.25, 0.3) is 11.8 Å². The first kappa shape index (κ1) is 39.2. The van der Waals surface area contributed by atoms with E-state index in [-0.39, 0.29) is 44.6 Å². The van der Waals surface area contributed by atoms with Crippen LogP contribution in [0.5, 0.6) is 0 Å². The summed E-state index contributed by atoms with van der Waals surface area (Å²) in [6, 6.07) is 25.9. The van der Waals surface area contributed by atoms with Gasteiger partial charge in [-0.05, 0) is 48.4 Å². The Labute approximate surface area is 294 Å². The normalized spacial score (nSPS) is 12.7. The summed E-state index contributed by atoms with van der Waals surface area (Å²) >= 11 is 0. The number of carbonyl (C=O) groups excluding carboxylic acids is 5. The molecule has 4 N–H and O–H groups in total. The fourth-order valence-electron chi connectivity index (χ4n) is 5.12. The number of hydrazine groups is 1. The van der Waals surface area contributed by atoms with Crippen molar-refractivity contribution in [1.29, 1.82) is 0 Å². The maximum atomic E-state index is 14.1. The van der Waals surface area contributed by atoms with E-state index in [2.05, 4.69) is 21.5 Å². The number of hydroxylamine groups is 1. The van der Waals surface area contributed by atoms with Crippen LogP contribution < -0.4 is 21.5 Å². The van der Waals surface area contributed by atoms with Gasteiger partial charge in [0, 0.05) is 18.7 Å². The largest absolute Gasteiger partial charge is 0.445 e. The number of benzene rings is 3. The van der Waals surface area contributed by atoms with Crippen LogP contribution in [-0.2, 0) is 37.2 Å². The number of alkyl carbamates (subject to hydrolysis) is 1. The van der Waals surface area contributed by atoms with E-state index >= 15 is 0 Å². The van der Waals surface area contributed by atoms with Gasteiger partial charge in [-0.1, -0.05) is 107 Å². The van der Waals surface area contributed by atoms with Crippen LogP contribution in [0.1, 0.15) is 62.5 Å². The highest BCUT2D eigenvalue weighted by atomic mass is 16.6. The molecular weight excluding hydrogens is 638 g/mol. The highest BCUT2D eigenvalue weighted by Gasteiger charge is 2.37. The molecule has 0 saturated heterocycles. The third kappa shape index (κ3) is 13.3. The molecular formula is C38H49N5O7. The SMILES string of the molecule is CC(C)C[C@@H](C(=O)NN(CC(C)C)C(=O)[C@@H](C)NC(=O)OCc1ccccc1)[C@H](CNC(=O)c1ccccc1)C(=O)NOCc1ccccc1. The van der Waals surface area contributed by atoms with E-state index in [1.165, 1.54) is 6.92 Å². The Morgan fingerprint density at radius 2 is 1.24 bits per heavy atom. The molecule has 0 bridgehead atoms. The zero-order valence-corrected chi connectivity index (χ0v) is 29.4. The van der Waals surface area contributed by atoms with E-state index in [1.54, 1.807) is 30.3 Å². The van der Waals surface area contributed by atoms with E-state index in [0.717, 1.165) is 16.1 Å². The van der Waals surface area contributed by atoms with Crippen LogP contribution in [0.3, 0.4) is 0 Å². The summed E-state index contributed by atoms with van der Waals surface area (Å²) in [6.45, 7) is 9.14. The third-order valence-electron chi connectivity index (χ3n) is 7.63. The summed E-state index contributed by atoms with van der Waals surface area (Å²) in [4.78, 5) is 72.4. The predicted octanol–water partition coefficient (Wildman–Crippen LogP) is 4.77. The van der Waals surface area contributed by atoms with Gasteiger partial charge < -0.3 is 15.4 Å². The van der Waals surface area contributed by atoms with Gasteiger partial charge in [0.1, 0.15) is 12.6 Å². The fourth-order valence-corrected chi connectivity index (χ4v) is 5.12. The van der Waals surface area contributed by atoms with Crippen LogP contribution in [0, 0.1) is 23.7 Å². The number of nitrogens with zero attached hydrogens (tertiary/aromatic N) is 1. The standard InChI is InChI=1S/C38H49N5O7/c1-26(2)21-32(33(22-39-34(44)31-19-13-8-14-20-31)36(46)42-50-25-30-17-11-7-12-18-30)35(45)41-43(23-27(3)4)37(47)28(5)40-38(48)49-24-29-15-9-6-10-16-29/h6-20,26-28,32-33H,21-25H2,1-5H3,(H,39,44)(H,40,48)(H,41,45)(H,42,46)/t28-,32-,33+/m1/s1. The molecule has 0 heterocycles. The minimum atomic E-state index is -1.07. The molecule has 0 saturated carbocycles. The highest BCUT2D eigenvalue weighted by Crippen LogP contribution is 2.23. The smallest absolute Gasteiger partial charge is 0.408 e. The molecule has 0 unspecified atom stereocenters. The van der Waals surface area contributed by atoms with Crippen molar-refractivity contribution >= 4 is 29.7 Å². The molecule has 3 aromatic rings. The summed E-state index contributed by atoms with van der Waals surface area (Å²) in [5.41, 5.74) is 7.20. The second-order valence-corrected chi connectivity index (χ2v) is 12.9. The van der Waals surface area contributed by atoms with Crippen molar-refractivity contribution in [3.63, 3.8) is 0 Å². The van der Waals surface area contributed by atoms with Crippen molar-refractivity contribution in [2.75, 3.05) is 13.1 Å². The zero-order valence-electron chi connectivity index (χ0n) is 29.4. The molecule has 3 atom stereocenters. The first-order valence-electron chi connectivity index (χ1n) is 16.8. The summed E-state index contributed by atoms with van der Waals surface area (Å²) in [5, 5.41) is 6.48. The van der Waals surface area contributed by atoms with Crippen LogP contribution in [0.25, 0.3) is 0 Å². The quantitative estimate of drug-likeness (QED) is 0.149. The molecule has 3 rings (SSSR count). The number of ether oxygens (including phenoxy) is 1. The molecule has 5 amide bonds. The van der Waals surface area contributed by atoms with Crippen molar-refractivity contribution in [2.24, 2.45) is 23.7 Å². The highest BCUT2D eigenvalue weighted by molar-refractivity contribution is 5.95. The number of amides is 5. The lowest BCUT2D eigenvalue weighted by Crippen LogP contribution is -2.57. The van der Waals surface area contributed by atoms with Gasteiger partial charge in [-0.2, -0.15) is 0 Å². The average Bonchev–Trinajstić information content (AvgIpc) is 3.10. The molecule has 0 aliphatic rings. The maximum absolute atomic E-state index is 14.1. The Morgan fingerprint density at radius 1 is 0.680 bits per heavy atom. The van der Waals surface area contributed by atoms with E-state index in [0.29, 0.717) is 5.56 Å². The van der Waals surface area contributed by atoms with Gasteiger partial charge in [-0.25, -0.2) is 10.3 Å². The average molecular weight is 688 g/mol. The van der Waals surface area contributed by atoms with Crippen LogP contribution in [0.2, 0.25) is 0 Å². The summed E-state index contributed by atoms with van der Waals surface area (Å²) in [5.74, 6) is -4.32. The molecule has 0 radical (unpaired) electrons. The molecule has 0 aromatic heterocycles. The Hall–Kier alpha value is -5.23. The summed E-state index contributed by atoms with van der Waals surface area (Å²) in [6.07, 6.45) is -0.530. The topological polar surface area (TPSA) is 155 Å². The van der Waals surface area contributed by atoms with Crippen molar-refractivity contribution in [2.45, 2.75) is 60.3 Å². The Kier molecular flexibility index (Phi) is 15.9. The Morgan fingerprint density at radius 3 is 1.80 bits per heavy atom. The van der Waals surface area contributed by atoms with Crippen molar-refractivity contribution in [3.8, 4) is 0 Å². The Balaban J connectivity index is 1.77. The van der Waals surface area contributed by atoms with Gasteiger partial charge in [-0.15, -0.1) is 0 Å². The lowest BCUT2D eigenvalue weighted by molar-refractivity contribution is -0.150. The Bertz CT molecular complexity index is 1520. The maximum Gasteiger partial charge on any atom is 0.408 e. The number of rotatable bonds is 17. The minimum absolute atomic E-state index is 0.0240. The minimum Gasteiger partial charge on any atom is -0.445 e. The van der Waals surface area contributed by atoms with Crippen molar-refractivity contribution in [1.82, 2.24) is 26.5 Å². The molecule has 268 valence electrons. The summed E-state index contributed by atoms with van der Waals surface area (Å²) < 4.78 is 5.27. The van der Waals surface area contributed by atoms with E-state index in [4.69, 9.17) is 9.57 Å². The van der Waals surface area contributed by atoms with Crippen LogP contribution in [-0.4, -0.2) is 53.9 Å². The monoisotopic (exact) mass is 687 g/mol. The van der Waals surface area contributed by atoms with Gasteiger partial charge in [-0.3, -0.25) is 34.5 Å². The fraction of sp³-hybridized carbons (Fsp3) is 0.395. The van der Waals surface area contributed by atoms with E-state index in [9.17, 15) is 24.0 Å². The van der Waals surface area contributed by atoms with E-state index in [1.807, 2.05) is 88.4 Å². The number of hydrogen-bond acceptors (Lipinski definition) is 7. The zero-order chi connectivity index (χ0) is 36.5. The van der Waals surface area contributed by atoms with Gasteiger partial charge in [0.05, 0.1) is 18.4 Å². The first-order valence-corrected chi connectivity index (χ1v) is 16.8. The molecule has 0 aliphatic heterocycles. The molecule has 12 nitrogen and oxygen atoms in total. The second-order valence-electron chi connectivity index (χ2n) is 12.9. The molecule has 50 heavy (non-hydrogen) atoms. The molecule has 0 fully saturated rings. The van der Waals surface area contributed by atoms with Crippen LogP contribution in [0.15, 0.2) is 91.0 Å². The molecule has 12 heteroatoms. The second kappa shape index (κ2) is 20.3. The molecule has 0 aliphatic carbocycles. The summed E-state index contributed by atoms with van der Waals surface area (Å²) in [7, 11) is 0. The number of hydrogen-bond donors (Lipinski definition) is 4. The van der Waals surface area contributed by atoms with Crippen molar-refractivity contribution < 1.29 is 33.5 Å². The lowest BCUT2D eigenvalue weighted by Gasteiger charge is -2.32. The van der Waals surface area contributed by atoms with Gasteiger partial charge in [0.2, 0.25) is 11.8 Å². The van der Waals surface area contributed by atoms with Crippen LogP contribution in [0.4, 0.5) is 4.79 Å². The number of nitrogens with one attached hydrogen (secondary N) is 4. The van der Waals surface area contributed by atoms with Crippen LogP contribution >= 0.6 is 0 Å². The predicted molar refractivity (Wildman–Crippen MR) is 189 cm³/mol. The molecule has 3 aromatic carbocycles. The van der Waals surface area contributed by atoms with Gasteiger partial charge in [0.15, 0.2) is 0 Å². The molecule has 0 spiro atoms. The van der Waals surface area contributed by atoms with E-state index < -0.39 is 47.6 Å². The lowest BCUT2D eigenvalue weighted by atomic mass is 9.84. The van der Waals surface area contributed by atoms with Crippen molar-refractivity contribution in [3.05, 3.63) is 108 Å². The number of carbonyl (C=O) groups is 5.